The van der Waals surface area contributed by atoms with Gasteiger partial charge >= 0.3 is 0 Å². The SMILES string of the molecule is Cc1cc(-n2c3ccccc3c3ccccc32)cc(-c2ccc(-n3c4c(c5ccccc53)C=CCC4C)cc2)c1-n1c2ccccc2c2ccccc21. The second kappa shape index (κ2) is 11.5. The Morgan fingerprint density at radius 3 is 1.49 bits per heavy atom. The summed E-state index contributed by atoms with van der Waals surface area (Å²) >= 11 is 0. The van der Waals surface area contributed by atoms with E-state index in [1.807, 2.05) is 0 Å². The van der Waals surface area contributed by atoms with Crippen molar-refractivity contribution in [1.29, 1.82) is 0 Å². The summed E-state index contributed by atoms with van der Waals surface area (Å²) in [4.78, 5) is 0. The van der Waals surface area contributed by atoms with E-state index in [2.05, 4.69) is 197 Å². The number of para-hydroxylation sites is 5. The summed E-state index contributed by atoms with van der Waals surface area (Å²) in [5, 5.41) is 6.39. The predicted molar refractivity (Wildman–Crippen MR) is 224 cm³/mol. The van der Waals surface area contributed by atoms with Crippen LogP contribution in [0.1, 0.15) is 36.1 Å². The molecular weight excluding hydrogens is 643 g/mol. The minimum Gasteiger partial charge on any atom is -0.313 e. The lowest BCUT2D eigenvalue weighted by molar-refractivity contribution is 0.723. The molecule has 11 rings (SSSR count). The molecular formula is C50H37N3. The quantitative estimate of drug-likeness (QED) is 0.176. The van der Waals surface area contributed by atoms with Gasteiger partial charge in [0, 0.05) is 61.0 Å². The molecule has 53 heavy (non-hydrogen) atoms. The molecule has 3 heteroatoms. The maximum Gasteiger partial charge on any atom is 0.0571 e. The molecule has 0 saturated heterocycles. The third kappa shape index (κ3) is 4.34. The van der Waals surface area contributed by atoms with Gasteiger partial charge in [-0.1, -0.05) is 122 Å². The van der Waals surface area contributed by atoms with Crippen LogP contribution in [0.25, 0.3) is 88.8 Å². The maximum absolute atomic E-state index is 2.50. The molecule has 1 aliphatic rings. The Hall–Kier alpha value is -6.58. The number of allylic oxidation sites excluding steroid dienone is 1. The van der Waals surface area contributed by atoms with E-state index in [1.165, 1.54) is 93.8 Å². The van der Waals surface area contributed by atoms with Crippen molar-refractivity contribution in [3.63, 3.8) is 0 Å². The second-order valence-electron chi connectivity index (χ2n) is 14.6. The highest BCUT2D eigenvalue weighted by atomic mass is 15.0. The maximum atomic E-state index is 2.50. The van der Waals surface area contributed by atoms with Crippen LogP contribution in [0, 0.1) is 6.92 Å². The van der Waals surface area contributed by atoms with Crippen molar-refractivity contribution < 1.29 is 0 Å². The normalized spacial score (nSPS) is 14.3. The molecule has 0 spiro atoms. The molecule has 0 aliphatic heterocycles. The van der Waals surface area contributed by atoms with Crippen LogP contribution in [-0.4, -0.2) is 13.7 Å². The van der Waals surface area contributed by atoms with Crippen molar-refractivity contribution in [2.45, 2.75) is 26.2 Å². The summed E-state index contributed by atoms with van der Waals surface area (Å²) in [6.07, 6.45) is 5.71. The molecule has 0 bridgehead atoms. The number of aromatic nitrogens is 3. The van der Waals surface area contributed by atoms with Crippen LogP contribution in [0.3, 0.4) is 0 Å². The lowest BCUT2D eigenvalue weighted by Gasteiger charge is -2.21. The van der Waals surface area contributed by atoms with Crippen LogP contribution in [0.2, 0.25) is 0 Å². The van der Waals surface area contributed by atoms with Crippen LogP contribution in [-0.2, 0) is 0 Å². The molecule has 1 atom stereocenters. The zero-order valence-electron chi connectivity index (χ0n) is 29.8. The van der Waals surface area contributed by atoms with Gasteiger partial charge in [0.25, 0.3) is 0 Å². The first-order chi connectivity index (χ1) is 26.2. The van der Waals surface area contributed by atoms with Gasteiger partial charge in [-0.25, -0.2) is 0 Å². The molecule has 0 amide bonds. The van der Waals surface area contributed by atoms with Gasteiger partial charge in [-0.2, -0.15) is 0 Å². The fraction of sp³-hybridized carbons (Fsp3) is 0.0800. The van der Waals surface area contributed by atoms with Gasteiger partial charge in [-0.15, -0.1) is 0 Å². The molecule has 0 saturated carbocycles. The Balaban J connectivity index is 1.19. The Kier molecular flexibility index (Phi) is 6.51. The van der Waals surface area contributed by atoms with Crippen LogP contribution >= 0.6 is 0 Å². The summed E-state index contributed by atoms with van der Waals surface area (Å²) in [7, 11) is 0. The topological polar surface area (TPSA) is 14.8 Å². The first kappa shape index (κ1) is 30.1. The van der Waals surface area contributed by atoms with Crippen molar-refractivity contribution in [2.75, 3.05) is 0 Å². The van der Waals surface area contributed by atoms with Gasteiger partial charge in [0.2, 0.25) is 0 Å². The summed E-state index contributed by atoms with van der Waals surface area (Å²) < 4.78 is 7.43. The fourth-order valence-electron chi connectivity index (χ4n) is 9.29. The smallest absolute Gasteiger partial charge is 0.0571 e. The highest BCUT2D eigenvalue weighted by molar-refractivity contribution is 6.11. The number of hydrogen-bond acceptors (Lipinski definition) is 0. The van der Waals surface area contributed by atoms with E-state index in [1.54, 1.807) is 0 Å². The number of fused-ring (bicyclic) bond motifs is 9. The predicted octanol–water partition coefficient (Wildman–Crippen LogP) is 13.3. The van der Waals surface area contributed by atoms with Crippen LogP contribution in [0.5, 0.6) is 0 Å². The van der Waals surface area contributed by atoms with Gasteiger partial charge < -0.3 is 13.7 Å². The van der Waals surface area contributed by atoms with Gasteiger partial charge in [-0.3, -0.25) is 0 Å². The highest BCUT2D eigenvalue weighted by Gasteiger charge is 2.24. The number of rotatable bonds is 4. The monoisotopic (exact) mass is 679 g/mol. The highest BCUT2D eigenvalue weighted by Crippen LogP contribution is 2.43. The van der Waals surface area contributed by atoms with E-state index in [0.717, 1.165) is 12.1 Å². The van der Waals surface area contributed by atoms with Crippen LogP contribution in [0.15, 0.2) is 164 Å². The van der Waals surface area contributed by atoms with E-state index >= 15 is 0 Å². The average molecular weight is 680 g/mol. The lowest BCUT2D eigenvalue weighted by Crippen LogP contribution is -2.07. The van der Waals surface area contributed by atoms with Crippen molar-refractivity contribution in [3.8, 4) is 28.2 Å². The molecule has 7 aromatic carbocycles. The Labute approximate surface area is 308 Å². The van der Waals surface area contributed by atoms with Gasteiger partial charge in [-0.05, 0) is 79.1 Å². The Morgan fingerprint density at radius 2 is 0.943 bits per heavy atom. The third-order valence-corrected chi connectivity index (χ3v) is 11.6. The zero-order valence-corrected chi connectivity index (χ0v) is 29.8. The number of nitrogens with zero attached hydrogens (tertiary/aromatic N) is 3. The lowest BCUT2D eigenvalue weighted by atomic mass is 9.93. The molecule has 1 aliphatic carbocycles. The Morgan fingerprint density at radius 1 is 0.472 bits per heavy atom. The second-order valence-corrected chi connectivity index (χ2v) is 14.6. The van der Waals surface area contributed by atoms with E-state index < -0.39 is 0 Å². The minimum atomic E-state index is 0.439. The molecule has 0 radical (unpaired) electrons. The summed E-state index contributed by atoms with van der Waals surface area (Å²) in [6.45, 7) is 4.63. The molecule has 252 valence electrons. The van der Waals surface area contributed by atoms with Crippen molar-refractivity contribution in [3.05, 3.63) is 181 Å². The standard InChI is InChI=1S/C50H37N3/c1-32-14-13-20-42-41-19-7-10-23-46(41)52(49(32)42)35-28-26-34(27-29-35)43-31-36(51-44-21-8-3-15-37(44)38-16-4-9-22-45(38)51)30-33(2)50(43)53-47-24-11-5-17-39(47)40-18-6-12-25-48(40)53/h3-13,15-32H,14H2,1-2H3. The zero-order chi connectivity index (χ0) is 35.2. The molecule has 3 nitrogen and oxygen atoms in total. The third-order valence-electron chi connectivity index (χ3n) is 11.6. The van der Waals surface area contributed by atoms with E-state index in [9.17, 15) is 0 Å². The largest absolute Gasteiger partial charge is 0.313 e. The number of hydrogen-bond donors (Lipinski definition) is 0. The summed E-state index contributed by atoms with van der Waals surface area (Å²) in [5.74, 6) is 0.439. The van der Waals surface area contributed by atoms with Crippen molar-refractivity contribution >= 4 is 60.6 Å². The molecule has 1 unspecified atom stereocenters. The van der Waals surface area contributed by atoms with Gasteiger partial charge in [0.05, 0.1) is 33.3 Å². The summed E-state index contributed by atoms with van der Waals surface area (Å²) in [5.41, 5.74) is 16.1. The molecule has 3 heterocycles. The fourth-order valence-corrected chi connectivity index (χ4v) is 9.29. The van der Waals surface area contributed by atoms with Crippen molar-refractivity contribution in [1.82, 2.24) is 13.7 Å². The van der Waals surface area contributed by atoms with Crippen LogP contribution < -0.4 is 0 Å². The first-order valence-electron chi connectivity index (χ1n) is 18.7. The number of benzene rings is 7. The summed E-state index contributed by atoms with van der Waals surface area (Å²) in [6, 6.07) is 58.2. The van der Waals surface area contributed by atoms with E-state index in [-0.39, 0.29) is 0 Å². The Bertz CT molecular complexity index is 3000. The van der Waals surface area contributed by atoms with Crippen molar-refractivity contribution in [2.24, 2.45) is 0 Å². The van der Waals surface area contributed by atoms with Gasteiger partial charge in [0.1, 0.15) is 0 Å². The van der Waals surface area contributed by atoms with Crippen LogP contribution in [0.4, 0.5) is 0 Å². The molecule has 0 fully saturated rings. The number of aryl methyl sites for hydroxylation is 1. The first-order valence-corrected chi connectivity index (χ1v) is 18.7. The minimum absolute atomic E-state index is 0.439. The molecule has 3 aromatic heterocycles. The van der Waals surface area contributed by atoms with E-state index in [4.69, 9.17) is 0 Å². The molecule has 0 N–H and O–H groups in total. The molecule has 10 aromatic rings. The van der Waals surface area contributed by atoms with Gasteiger partial charge in [0.15, 0.2) is 0 Å². The van der Waals surface area contributed by atoms with E-state index in [0.29, 0.717) is 5.92 Å². The average Bonchev–Trinajstić information content (AvgIpc) is 3.85.